The molecule has 0 amide bonds. The summed E-state index contributed by atoms with van der Waals surface area (Å²) >= 11 is 0. The number of hydrogen-bond donors (Lipinski definition) is 0. The standard InChI is InChI=1S/C25H36F2O/c1-3-5-6-8-20-13-14-23(25(27)24(20)26)28-17-19-10-12-21-15-18(7-4-2)9-11-22(21)16-19/h3,5,13-14,18-19,21-22H,4,6-12,15-17H2,1-2H3. The van der Waals surface area contributed by atoms with Crippen molar-refractivity contribution in [2.45, 2.75) is 78.1 Å². The van der Waals surface area contributed by atoms with E-state index in [1.165, 1.54) is 44.9 Å². The molecule has 156 valence electrons. The molecule has 0 aromatic heterocycles. The first-order valence-corrected chi connectivity index (χ1v) is 11.3. The van der Waals surface area contributed by atoms with Gasteiger partial charge in [0.15, 0.2) is 11.6 Å². The van der Waals surface area contributed by atoms with Gasteiger partial charge in [-0.2, -0.15) is 4.39 Å². The molecule has 2 fully saturated rings. The van der Waals surface area contributed by atoms with Gasteiger partial charge in [-0.3, -0.25) is 0 Å². The Balaban J connectivity index is 1.50. The largest absolute Gasteiger partial charge is 0.490 e. The lowest BCUT2D eigenvalue weighted by atomic mass is 9.64. The summed E-state index contributed by atoms with van der Waals surface area (Å²) in [5.41, 5.74) is 0.423. The highest BCUT2D eigenvalue weighted by molar-refractivity contribution is 5.31. The zero-order chi connectivity index (χ0) is 19.9. The van der Waals surface area contributed by atoms with E-state index < -0.39 is 11.6 Å². The number of aryl methyl sites for hydroxylation is 1. The van der Waals surface area contributed by atoms with Gasteiger partial charge in [-0.25, -0.2) is 4.39 Å². The van der Waals surface area contributed by atoms with Gasteiger partial charge < -0.3 is 4.74 Å². The fraction of sp³-hybridized carbons (Fsp3) is 0.680. The molecule has 0 bridgehead atoms. The van der Waals surface area contributed by atoms with Crippen LogP contribution in [-0.2, 0) is 6.42 Å². The lowest BCUT2D eigenvalue weighted by Gasteiger charge is -2.42. The topological polar surface area (TPSA) is 9.23 Å². The Kier molecular flexibility index (Phi) is 7.93. The van der Waals surface area contributed by atoms with Gasteiger partial charge in [0.25, 0.3) is 0 Å². The minimum Gasteiger partial charge on any atom is -0.490 e. The molecule has 1 aromatic carbocycles. The predicted molar refractivity (Wildman–Crippen MR) is 112 cm³/mol. The summed E-state index contributed by atoms with van der Waals surface area (Å²) in [6.07, 6.45) is 15.5. The van der Waals surface area contributed by atoms with Gasteiger partial charge in [0.05, 0.1) is 6.61 Å². The molecule has 1 nitrogen and oxygen atoms in total. The Morgan fingerprint density at radius 2 is 1.71 bits per heavy atom. The van der Waals surface area contributed by atoms with Crippen molar-refractivity contribution >= 4 is 0 Å². The van der Waals surface area contributed by atoms with Crippen molar-refractivity contribution < 1.29 is 13.5 Å². The third kappa shape index (κ3) is 5.36. The van der Waals surface area contributed by atoms with Gasteiger partial charge in [-0.1, -0.05) is 44.4 Å². The average molecular weight is 391 g/mol. The van der Waals surface area contributed by atoms with Crippen molar-refractivity contribution in [3.63, 3.8) is 0 Å². The summed E-state index contributed by atoms with van der Waals surface area (Å²) in [6.45, 7) is 4.73. The van der Waals surface area contributed by atoms with E-state index in [9.17, 15) is 8.78 Å². The van der Waals surface area contributed by atoms with Crippen LogP contribution in [-0.4, -0.2) is 6.61 Å². The Bertz CT molecular complexity index is 654. The van der Waals surface area contributed by atoms with Crippen molar-refractivity contribution in [2.75, 3.05) is 6.61 Å². The second-order valence-electron chi connectivity index (χ2n) is 8.94. The molecule has 0 aliphatic heterocycles. The van der Waals surface area contributed by atoms with E-state index in [1.54, 1.807) is 12.1 Å². The van der Waals surface area contributed by atoms with Crippen LogP contribution in [0.15, 0.2) is 24.3 Å². The van der Waals surface area contributed by atoms with Gasteiger partial charge >= 0.3 is 0 Å². The molecule has 0 radical (unpaired) electrons. The summed E-state index contributed by atoms with van der Waals surface area (Å²) in [4.78, 5) is 0. The molecule has 2 aliphatic carbocycles. The van der Waals surface area contributed by atoms with Crippen LogP contribution in [0.2, 0.25) is 0 Å². The van der Waals surface area contributed by atoms with E-state index >= 15 is 0 Å². The number of allylic oxidation sites excluding steroid dienone is 2. The minimum atomic E-state index is -0.827. The van der Waals surface area contributed by atoms with Crippen molar-refractivity contribution in [1.29, 1.82) is 0 Å². The van der Waals surface area contributed by atoms with Crippen molar-refractivity contribution in [3.05, 3.63) is 41.5 Å². The van der Waals surface area contributed by atoms with E-state index in [1.807, 2.05) is 19.1 Å². The number of ether oxygens (including phenoxy) is 1. The zero-order valence-electron chi connectivity index (χ0n) is 17.6. The molecule has 2 saturated carbocycles. The molecule has 2 aliphatic rings. The highest BCUT2D eigenvalue weighted by atomic mass is 19.2. The van der Waals surface area contributed by atoms with Crippen molar-refractivity contribution in [1.82, 2.24) is 0 Å². The van der Waals surface area contributed by atoms with Crippen LogP contribution in [0.25, 0.3) is 0 Å². The molecule has 1 aromatic rings. The van der Waals surface area contributed by atoms with Crippen LogP contribution >= 0.6 is 0 Å². The summed E-state index contributed by atoms with van der Waals surface area (Å²) in [7, 11) is 0. The van der Waals surface area contributed by atoms with Gasteiger partial charge in [0.2, 0.25) is 5.82 Å². The molecule has 4 unspecified atom stereocenters. The maximum absolute atomic E-state index is 14.4. The summed E-state index contributed by atoms with van der Waals surface area (Å²) in [5.74, 6) is 1.59. The zero-order valence-corrected chi connectivity index (χ0v) is 17.6. The molecule has 0 saturated heterocycles. The molecular weight excluding hydrogens is 354 g/mol. The molecule has 3 heteroatoms. The van der Waals surface area contributed by atoms with Crippen LogP contribution in [0.1, 0.15) is 77.2 Å². The van der Waals surface area contributed by atoms with Crippen molar-refractivity contribution in [3.8, 4) is 5.75 Å². The molecule has 28 heavy (non-hydrogen) atoms. The van der Waals surface area contributed by atoms with E-state index in [0.29, 0.717) is 24.5 Å². The fourth-order valence-corrected chi connectivity index (χ4v) is 5.39. The van der Waals surface area contributed by atoms with E-state index in [-0.39, 0.29) is 5.75 Å². The highest BCUT2D eigenvalue weighted by Gasteiger charge is 2.35. The molecular formula is C25H36F2O. The molecule has 0 N–H and O–H groups in total. The maximum Gasteiger partial charge on any atom is 0.200 e. The van der Waals surface area contributed by atoms with Gasteiger partial charge in [0, 0.05) is 0 Å². The second kappa shape index (κ2) is 10.4. The number of fused-ring (bicyclic) bond motifs is 1. The van der Waals surface area contributed by atoms with E-state index in [2.05, 4.69) is 6.92 Å². The number of halogens is 2. The second-order valence-corrected chi connectivity index (χ2v) is 8.94. The smallest absolute Gasteiger partial charge is 0.200 e. The Hall–Kier alpha value is -1.38. The Morgan fingerprint density at radius 1 is 1.00 bits per heavy atom. The van der Waals surface area contributed by atoms with Crippen LogP contribution in [0.5, 0.6) is 5.75 Å². The fourth-order valence-electron chi connectivity index (χ4n) is 5.39. The van der Waals surface area contributed by atoms with Crippen LogP contribution < -0.4 is 4.74 Å². The number of benzene rings is 1. The average Bonchev–Trinajstić information content (AvgIpc) is 2.71. The van der Waals surface area contributed by atoms with Crippen molar-refractivity contribution in [2.24, 2.45) is 23.7 Å². The monoisotopic (exact) mass is 390 g/mol. The summed E-state index contributed by atoms with van der Waals surface area (Å²) in [5, 5.41) is 0. The highest BCUT2D eigenvalue weighted by Crippen LogP contribution is 2.45. The molecule has 0 spiro atoms. The first-order valence-electron chi connectivity index (χ1n) is 11.3. The normalized spacial score (nSPS) is 27.7. The first-order chi connectivity index (χ1) is 13.6. The summed E-state index contributed by atoms with van der Waals surface area (Å²) < 4.78 is 34.4. The number of rotatable bonds is 8. The van der Waals surface area contributed by atoms with Crippen LogP contribution in [0, 0.1) is 35.3 Å². The van der Waals surface area contributed by atoms with Gasteiger partial charge in [-0.15, -0.1) is 0 Å². The van der Waals surface area contributed by atoms with Gasteiger partial charge in [0.1, 0.15) is 0 Å². The SMILES string of the molecule is CC=CCCc1ccc(OCC2CCC3CC(CCC)CCC3C2)c(F)c1F. The number of hydrogen-bond acceptors (Lipinski definition) is 1. The van der Waals surface area contributed by atoms with Gasteiger partial charge in [-0.05, 0) is 87.2 Å². The predicted octanol–water partition coefficient (Wildman–Crippen LogP) is 7.49. The molecule has 4 atom stereocenters. The third-order valence-electron chi connectivity index (χ3n) is 6.94. The summed E-state index contributed by atoms with van der Waals surface area (Å²) in [6, 6.07) is 3.27. The van der Waals surface area contributed by atoms with E-state index in [0.717, 1.165) is 30.6 Å². The van der Waals surface area contributed by atoms with Crippen LogP contribution in [0.3, 0.4) is 0 Å². The van der Waals surface area contributed by atoms with E-state index in [4.69, 9.17) is 4.74 Å². The lowest BCUT2D eigenvalue weighted by Crippen LogP contribution is -2.33. The first kappa shape index (κ1) is 21.3. The molecule has 3 rings (SSSR count). The minimum absolute atomic E-state index is 0.0704. The molecule has 0 heterocycles. The lowest BCUT2D eigenvalue weighted by molar-refractivity contribution is 0.0739. The third-order valence-corrected chi connectivity index (χ3v) is 6.94. The Labute approximate surface area is 169 Å². The maximum atomic E-state index is 14.4. The van der Waals surface area contributed by atoms with Crippen LogP contribution in [0.4, 0.5) is 8.78 Å². The Morgan fingerprint density at radius 3 is 2.43 bits per heavy atom. The quantitative estimate of drug-likeness (QED) is 0.418.